The molecule has 1 atom stereocenters. The van der Waals surface area contributed by atoms with Gasteiger partial charge in [0, 0.05) is 10.9 Å². The van der Waals surface area contributed by atoms with E-state index in [9.17, 15) is 9.59 Å². The lowest BCUT2D eigenvalue weighted by Gasteiger charge is -2.19. The summed E-state index contributed by atoms with van der Waals surface area (Å²) in [6, 6.07) is 21.5. The zero-order valence-corrected chi connectivity index (χ0v) is 18.2. The third-order valence-electron chi connectivity index (χ3n) is 5.56. The minimum atomic E-state index is -0.182. The van der Waals surface area contributed by atoms with E-state index >= 15 is 0 Å². The average Bonchev–Trinajstić information content (AvgIpc) is 3.50. The molecule has 1 heterocycles. The van der Waals surface area contributed by atoms with Crippen molar-refractivity contribution in [3.8, 4) is 0 Å². The molecule has 0 saturated heterocycles. The van der Waals surface area contributed by atoms with Crippen LogP contribution < -0.4 is 16.0 Å². The fourth-order valence-electron chi connectivity index (χ4n) is 4.00. The molecule has 5 nitrogen and oxygen atoms in total. The second-order valence-corrected chi connectivity index (χ2v) is 8.77. The first-order valence-corrected chi connectivity index (χ1v) is 11.6. The Morgan fingerprint density at radius 3 is 2.42 bits per heavy atom. The number of hydrogen-bond acceptors (Lipinski definition) is 4. The molecule has 0 bridgehead atoms. The summed E-state index contributed by atoms with van der Waals surface area (Å²) in [6.07, 6.45) is 4.35. The molecule has 1 aliphatic rings. The largest absolute Gasteiger partial charge is 0.349 e. The zero-order chi connectivity index (χ0) is 21.5. The second kappa shape index (κ2) is 10.4. The van der Waals surface area contributed by atoms with Gasteiger partial charge in [-0.25, -0.2) is 0 Å². The quantitative estimate of drug-likeness (QED) is 0.481. The van der Waals surface area contributed by atoms with Crippen LogP contribution in [0.25, 0.3) is 0 Å². The first-order valence-electron chi connectivity index (χ1n) is 10.7. The highest BCUT2D eigenvalue weighted by atomic mass is 32.1. The van der Waals surface area contributed by atoms with Gasteiger partial charge in [0.2, 0.25) is 5.91 Å². The topological polar surface area (TPSA) is 70.2 Å². The van der Waals surface area contributed by atoms with Gasteiger partial charge in [0.1, 0.15) is 0 Å². The fourth-order valence-corrected chi connectivity index (χ4v) is 4.82. The Balaban J connectivity index is 1.41. The summed E-state index contributed by atoms with van der Waals surface area (Å²) in [7, 11) is 0. The molecule has 0 spiro atoms. The van der Waals surface area contributed by atoms with Crippen molar-refractivity contribution in [3.63, 3.8) is 0 Å². The van der Waals surface area contributed by atoms with Crippen LogP contribution in [0, 0.1) is 0 Å². The lowest BCUT2D eigenvalue weighted by atomic mass is 10.1. The molecule has 1 aliphatic carbocycles. The number of carbonyl (C=O) groups is 2. The van der Waals surface area contributed by atoms with Crippen molar-refractivity contribution in [1.29, 1.82) is 0 Å². The Morgan fingerprint density at radius 2 is 1.68 bits per heavy atom. The highest BCUT2D eigenvalue weighted by Crippen LogP contribution is 2.26. The number of rotatable bonds is 8. The van der Waals surface area contributed by atoms with Crippen LogP contribution in [0.3, 0.4) is 0 Å². The molecule has 31 heavy (non-hydrogen) atoms. The Labute approximate surface area is 186 Å². The molecule has 6 heteroatoms. The molecule has 1 aromatic heterocycles. The third-order valence-corrected chi connectivity index (χ3v) is 6.50. The van der Waals surface area contributed by atoms with E-state index in [0.717, 1.165) is 36.1 Å². The molecule has 3 N–H and O–H groups in total. The minimum absolute atomic E-state index is 0.0622. The van der Waals surface area contributed by atoms with E-state index in [1.165, 1.54) is 0 Å². The number of nitrogens with one attached hydrogen (secondary N) is 3. The maximum Gasteiger partial charge on any atom is 0.253 e. The zero-order valence-electron chi connectivity index (χ0n) is 17.3. The minimum Gasteiger partial charge on any atom is -0.349 e. The van der Waals surface area contributed by atoms with E-state index < -0.39 is 0 Å². The predicted molar refractivity (Wildman–Crippen MR) is 125 cm³/mol. The maximum absolute atomic E-state index is 12.7. The van der Waals surface area contributed by atoms with Gasteiger partial charge in [-0.05, 0) is 42.0 Å². The Morgan fingerprint density at radius 1 is 0.935 bits per heavy atom. The Hall–Kier alpha value is -2.96. The van der Waals surface area contributed by atoms with Gasteiger partial charge < -0.3 is 10.6 Å². The number of benzene rings is 2. The molecular formula is C25H27N3O2S. The number of para-hydroxylation sites is 1. The van der Waals surface area contributed by atoms with Gasteiger partial charge in [-0.3, -0.25) is 14.9 Å². The van der Waals surface area contributed by atoms with Crippen LogP contribution in [0.2, 0.25) is 0 Å². The first-order chi connectivity index (χ1) is 15.2. The summed E-state index contributed by atoms with van der Waals surface area (Å²) in [5.74, 6) is -0.310. The molecule has 0 aliphatic heterocycles. The van der Waals surface area contributed by atoms with E-state index in [1.807, 2.05) is 41.8 Å². The lowest BCUT2D eigenvalue weighted by Crippen LogP contribution is -2.34. The average molecular weight is 434 g/mol. The fraction of sp³-hybridized carbons (Fsp3) is 0.280. The summed E-state index contributed by atoms with van der Waals surface area (Å²) in [4.78, 5) is 26.6. The molecule has 1 fully saturated rings. The van der Waals surface area contributed by atoms with Gasteiger partial charge in [-0.15, -0.1) is 11.3 Å². The summed E-state index contributed by atoms with van der Waals surface area (Å²) < 4.78 is 0. The second-order valence-electron chi connectivity index (χ2n) is 7.79. The standard InChI is InChI=1S/C25H27N3O2S/c29-23(17-26-24(22-15-8-16-31-22)18-9-2-1-3-10-18)28-21-14-7-6-13-20(21)25(30)27-19-11-4-5-12-19/h1-3,6-10,13-16,19,24,26H,4-5,11-12,17H2,(H,27,30)(H,28,29)/t24-/m1/s1. The van der Waals surface area contributed by atoms with E-state index in [0.29, 0.717) is 11.3 Å². The molecule has 2 amide bonds. The highest BCUT2D eigenvalue weighted by molar-refractivity contribution is 7.10. The van der Waals surface area contributed by atoms with Crippen LogP contribution in [-0.4, -0.2) is 24.4 Å². The van der Waals surface area contributed by atoms with E-state index in [2.05, 4.69) is 34.1 Å². The lowest BCUT2D eigenvalue weighted by molar-refractivity contribution is -0.115. The molecule has 1 saturated carbocycles. The number of amides is 2. The Kier molecular flexibility index (Phi) is 7.12. The van der Waals surface area contributed by atoms with E-state index in [4.69, 9.17) is 0 Å². The predicted octanol–water partition coefficient (Wildman–Crippen LogP) is 4.74. The van der Waals surface area contributed by atoms with Crippen molar-refractivity contribution in [2.24, 2.45) is 0 Å². The molecular weight excluding hydrogens is 406 g/mol. The summed E-state index contributed by atoms with van der Waals surface area (Å²) in [6.45, 7) is 0.135. The van der Waals surface area contributed by atoms with Crippen molar-refractivity contribution in [2.75, 3.05) is 11.9 Å². The number of anilines is 1. The molecule has 4 rings (SSSR count). The van der Waals surface area contributed by atoms with Gasteiger partial charge in [-0.1, -0.05) is 61.4 Å². The third kappa shape index (κ3) is 5.60. The normalized spacial score (nSPS) is 14.8. The van der Waals surface area contributed by atoms with Gasteiger partial charge >= 0.3 is 0 Å². The van der Waals surface area contributed by atoms with Crippen LogP contribution in [0.5, 0.6) is 0 Å². The van der Waals surface area contributed by atoms with Crippen molar-refractivity contribution >= 4 is 28.8 Å². The Bertz CT molecular complexity index is 999. The maximum atomic E-state index is 12.7. The van der Waals surface area contributed by atoms with Crippen LogP contribution in [0.15, 0.2) is 72.1 Å². The van der Waals surface area contributed by atoms with Crippen molar-refractivity contribution in [3.05, 3.63) is 88.1 Å². The van der Waals surface area contributed by atoms with E-state index in [1.54, 1.807) is 23.5 Å². The summed E-state index contributed by atoms with van der Waals surface area (Å²) in [5.41, 5.74) is 2.15. The highest BCUT2D eigenvalue weighted by Gasteiger charge is 2.21. The van der Waals surface area contributed by atoms with Crippen LogP contribution in [-0.2, 0) is 4.79 Å². The monoisotopic (exact) mass is 433 g/mol. The SMILES string of the molecule is O=C(CN[C@H](c1ccccc1)c1cccs1)Nc1ccccc1C(=O)NC1CCCC1. The number of hydrogen-bond donors (Lipinski definition) is 3. The van der Waals surface area contributed by atoms with Crippen molar-refractivity contribution in [1.82, 2.24) is 10.6 Å². The smallest absolute Gasteiger partial charge is 0.253 e. The number of carbonyl (C=O) groups excluding carboxylic acids is 2. The van der Waals surface area contributed by atoms with Gasteiger partial charge in [-0.2, -0.15) is 0 Å². The first kappa shape index (κ1) is 21.3. The van der Waals surface area contributed by atoms with Crippen molar-refractivity contribution < 1.29 is 9.59 Å². The number of thiophene rings is 1. The molecule has 3 aromatic rings. The summed E-state index contributed by atoms with van der Waals surface area (Å²) >= 11 is 1.66. The molecule has 0 unspecified atom stereocenters. The molecule has 0 radical (unpaired) electrons. The van der Waals surface area contributed by atoms with Gasteiger partial charge in [0.05, 0.1) is 23.8 Å². The van der Waals surface area contributed by atoms with Crippen LogP contribution in [0.1, 0.15) is 52.5 Å². The molecule has 2 aromatic carbocycles. The van der Waals surface area contributed by atoms with Crippen LogP contribution >= 0.6 is 11.3 Å². The van der Waals surface area contributed by atoms with Crippen molar-refractivity contribution in [2.45, 2.75) is 37.8 Å². The van der Waals surface area contributed by atoms with Gasteiger partial charge in [0.25, 0.3) is 5.91 Å². The molecule has 160 valence electrons. The van der Waals surface area contributed by atoms with E-state index in [-0.39, 0.29) is 30.4 Å². The summed E-state index contributed by atoms with van der Waals surface area (Å²) in [5, 5.41) is 11.4. The van der Waals surface area contributed by atoms with Crippen LogP contribution in [0.4, 0.5) is 5.69 Å². The van der Waals surface area contributed by atoms with Gasteiger partial charge in [0.15, 0.2) is 0 Å².